The zero-order chi connectivity index (χ0) is 17.4. The van der Waals surface area contributed by atoms with E-state index < -0.39 is 0 Å². The van der Waals surface area contributed by atoms with Crippen molar-refractivity contribution in [3.8, 4) is 0 Å². The number of fused-ring (bicyclic) bond motifs is 1. The maximum atomic E-state index is 13.0. The molecular weight excluding hydrogens is 314 g/mol. The first kappa shape index (κ1) is 16.6. The lowest BCUT2D eigenvalue weighted by Gasteiger charge is -2.26. The largest absolute Gasteiger partial charge is 0.337 e. The monoisotopic (exact) mass is 341 g/mol. The fourth-order valence-electron chi connectivity index (χ4n) is 4.04. The van der Waals surface area contributed by atoms with Crippen molar-refractivity contribution in [1.82, 2.24) is 9.80 Å². The van der Waals surface area contributed by atoms with E-state index in [1.54, 1.807) is 0 Å². The summed E-state index contributed by atoms with van der Waals surface area (Å²) in [6.45, 7) is 5.90. The van der Waals surface area contributed by atoms with Gasteiger partial charge in [-0.1, -0.05) is 6.07 Å². The van der Waals surface area contributed by atoms with Crippen molar-refractivity contribution in [1.29, 1.82) is 0 Å². The van der Waals surface area contributed by atoms with Gasteiger partial charge < -0.3 is 10.2 Å². The first-order valence-corrected chi connectivity index (χ1v) is 9.56. The molecule has 2 heterocycles. The Labute approximate surface area is 149 Å². The van der Waals surface area contributed by atoms with Gasteiger partial charge in [-0.25, -0.2) is 0 Å². The quantitative estimate of drug-likeness (QED) is 0.920. The number of benzene rings is 1. The van der Waals surface area contributed by atoms with Crippen molar-refractivity contribution >= 4 is 17.5 Å². The molecule has 5 nitrogen and oxygen atoms in total. The second kappa shape index (κ2) is 6.79. The number of hydrogen-bond acceptors (Lipinski definition) is 3. The minimum atomic E-state index is 0.0871. The van der Waals surface area contributed by atoms with Crippen LogP contribution in [0.25, 0.3) is 0 Å². The summed E-state index contributed by atoms with van der Waals surface area (Å²) in [6.07, 6.45) is 5.44. The van der Waals surface area contributed by atoms with Crippen LogP contribution in [0.2, 0.25) is 0 Å². The summed E-state index contributed by atoms with van der Waals surface area (Å²) >= 11 is 0. The van der Waals surface area contributed by atoms with Crippen molar-refractivity contribution < 1.29 is 9.59 Å². The molecule has 4 rings (SSSR count). The number of rotatable bonds is 3. The maximum Gasteiger partial charge on any atom is 0.253 e. The van der Waals surface area contributed by atoms with Crippen LogP contribution in [0.5, 0.6) is 0 Å². The van der Waals surface area contributed by atoms with E-state index in [4.69, 9.17) is 0 Å². The van der Waals surface area contributed by atoms with Crippen LogP contribution in [0, 0.1) is 12.8 Å². The molecule has 2 amide bonds. The minimum Gasteiger partial charge on any atom is -0.337 e. The molecule has 0 spiro atoms. The summed E-state index contributed by atoms with van der Waals surface area (Å²) in [5.41, 5.74) is 2.46. The van der Waals surface area contributed by atoms with Gasteiger partial charge in [0, 0.05) is 42.8 Å². The van der Waals surface area contributed by atoms with Gasteiger partial charge in [0.05, 0.1) is 0 Å². The van der Waals surface area contributed by atoms with Gasteiger partial charge >= 0.3 is 0 Å². The Morgan fingerprint density at radius 2 is 1.88 bits per heavy atom. The predicted molar refractivity (Wildman–Crippen MR) is 97.6 cm³/mol. The highest BCUT2D eigenvalue weighted by Crippen LogP contribution is 2.31. The number of carbonyl (C=O) groups is 2. The normalized spacial score (nSPS) is 23.9. The third-order valence-corrected chi connectivity index (χ3v) is 5.78. The second-order valence-electron chi connectivity index (χ2n) is 7.73. The Morgan fingerprint density at radius 3 is 2.68 bits per heavy atom. The molecular formula is C20H27N3O2. The van der Waals surface area contributed by atoms with Crippen molar-refractivity contribution in [2.45, 2.75) is 45.1 Å². The van der Waals surface area contributed by atoms with E-state index in [0.717, 1.165) is 50.1 Å². The van der Waals surface area contributed by atoms with Gasteiger partial charge in [0.25, 0.3) is 5.91 Å². The number of nitrogens with zero attached hydrogens (tertiary/aromatic N) is 2. The SMILES string of the molecule is Cc1ccc(C(=O)N2CCCN3CCC[C@H]3C2)cc1NC(=O)C1CC1. The fourth-order valence-corrected chi connectivity index (χ4v) is 4.04. The molecule has 0 radical (unpaired) electrons. The molecule has 2 saturated heterocycles. The molecule has 1 atom stereocenters. The molecule has 3 aliphatic rings. The van der Waals surface area contributed by atoms with E-state index in [0.29, 0.717) is 11.6 Å². The van der Waals surface area contributed by atoms with E-state index in [2.05, 4.69) is 10.2 Å². The molecule has 1 aromatic rings. The molecule has 134 valence electrons. The van der Waals surface area contributed by atoms with Gasteiger partial charge in [-0.15, -0.1) is 0 Å². The number of amides is 2. The number of anilines is 1. The number of hydrogen-bond donors (Lipinski definition) is 1. The predicted octanol–water partition coefficient (Wildman–Crippen LogP) is 2.65. The molecule has 1 aromatic carbocycles. The molecule has 25 heavy (non-hydrogen) atoms. The van der Waals surface area contributed by atoms with Crippen molar-refractivity contribution in [2.24, 2.45) is 5.92 Å². The Kier molecular flexibility index (Phi) is 4.50. The van der Waals surface area contributed by atoms with Crippen LogP contribution in [0.1, 0.15) is 48.0 Å². The summed E-state index contributed by atoms with van der Waals surface area (Å²) in [6, 6.07) is 6.21. The minimum absolute atomic E-state index is 0.0871. The van der Waals surface area contributed by atoms with Crippen LogP contribution in [-0.2, 0) is 4.79 Å². The van der Waals surface area contributed by atoms with Crippen LogP contribution in [0.3, 0.4) is 0 Å². The van der Waals surface area contributed by atoms with E-state index in [1.165, 1.54) is 19.4 Å². The molecule has 0 unspecified atom stereocenters. The van der Waals surface area contributed by atoms with Crippen LogP contribution >= 0.6 is 0 Å². The first-order chi connectivity index (χ1) is 12.1. The van der Waals surface area contributed by atoms with Gasteiger partial charge in [0.15, 0.2) is 0 Å². The molecule has 0 bridgehead atoms. The fraction of sp³-hybridized carbons (Fsp3) is 0.600. The smallest absolute Gasteiger partial charge is 0.253 e. The van der Waals surface area contributed by atoms with Gasteiger partial charge in [-0.05, 0) is 63.3 Å². The first-order valence-electron chi connectivity index (χ1n) is 9.56. The highest BCUT2D eigenvalue weighted by atomic mass is 16.2. The third kappa shape index (κ3) is 3.56. The van der Waals surface area contributed by atoms with Crippen LogP contribution in [0.4, 0.5) is 5.69 Å². The zero-order valence-electron chi connectivity index (χ0n) is 15.0. The van der Waals surface area contributed by atoms with Gasteiger partial charge in [0.1, 0.15) is 0 Å². The lowest BCUT2D eigenvalue weighted by Crippen LogP contribution is -2.39. The molecule has 1 saturated carbocycles. The van der Waals surface area contributed by atoms with Gasteiger partial charge in [0.2, 0.25) is 5.91 Å². The van der Waals surface area contributed by atoms with E-state index in [1.807, 2.05) is 30.0 Å². The molecule has 1 aliphatic carbocycles. The topological polar surface area (TPSA) is 52.7 Å². The lowest BCUT2D eigenvalue weighted by atomic mass is 10.1. The Morgan fingerprint density at radius 1 is 1.08 bits per heavy atom. The average Bonchev–Trinajstić information content (AvgIpc) is 3.40. The summed E-state index contributed by atoms with van der Waals surface area (Å²) in [7, 11) is 0. The van der Waals surface area contributed by atoms with Crippen molar-refractivity contribution in [2.75, 3.05) is 31.5 Å². The number of carbonyl (C=O) groups excluding carboxylic acids is 2. The highest BCUT2D eigenvalue weighted by molar-refractivity contribution is 5.98. The van der Waals surface area contributed by atoms with Crippen molar-refractivity contribution in [3.05, 3.63) is 29.3 Å². The second-order valence-corrected chi connectivity index (χ2v) is 7.73. The van der Waals surface area contributed by atoms with Crippen LogP contribution < -0.4 is 5.32 Å². The standard InChI is InChI=1S/C20H27N3O2/c1-14-5-6-16(12-18(14)21-19(24)15-7-8-15)20(25)23-11-3-10-22-9-2-4-17(22)13-23/h5-6,12,15,17H,2-4,7-11,13H2,1H3,(H,21,24)/t17-/m0/s1. The number of aryl methyl sites for hydroxylation is 1. The van der Waals surface area contributed by atoms with E-state index in [9.17, 15) is 9.59 Å². The molecule has 3 fully saturated rings. The Balaban J connectivity index is 1.50. The van der Waals surface area contributed by atoms with E-state index >= 15 is 0 Å². The molecule has 5 heteroatoms. The summed E-state index contributed by atoms with van der Waals surface area (Å²) in [5.74, 6) is 0.345. The lowest BCUT2D eigenvalue weighted by molar-refractivity contribution is -0.117. The Bertz CT molecular complexity index is 684. The third-order valence-electron chi connectivity index (χ3n) is 5.78. The summed E-state index contributed by atoms with van der Waals surface area (Å²) in [4.78, 5) is 29.6. The van der Waals surface area contributed by atoms with Crippen LogP contribution in [0.15, 0.2) is 18.2 Å². The van der Waals surface area contributed by atoms with Gasteiger partial charge in [-0.2, -0.15) is 0 Å². The Hall–Kier alpha value is -1.88. The molecule has 2 aliphatic heterocycles. The average molecular weight is 341 g/mol. The molecule has 0 aromatic heterocycles. The summed E-state index contributed by atoms with van der Waals surface area (Å²) in [5, 5.41) is 3.00. The number of nitrogens with one attached hydrogen (secondary N) is 1. The van der Waals surface area contributed by atoms with Crippen molar-refractivity contribution in [3.63, 3.8) is 0 Å². The highest BCUT2D eigenvalue weighted by Gasteiger charge is 2.32. The summed E-state index contributed by atoms with van der Waals surface area (Å²) < 4.78 is 0. The van der Waals surface area contributed by atoms with Crippen LogP contribution in [-0.4, -0.2) is 53.8 Å². The van der Waals surface area contributed by atoms with Gasteiger partial charge in [-0.3, -0.25) is 14.5 Å². The maximum absolute atomic E-state index is 13.0. The zero-order valence-corrected chi connectivity index (χ0v) is 15.0. The van der Waals surface area contributed by atoms with E-state index in [-0.39, 0.29) is 17.7 Å². The molecule has 1 N–H and O–H groups in total.